The molecule has 0 amide bonds. The summed E-state index contributed by atoms with van der Waals surface area (Å²) in [6, 6.07) is 6.04. The Hall–Kier alpha value is -2.67. The maximum Gasteiger partial charge on any atom is 0.331 e. The summed E-state index contributed by atoms with van der Waals surface area (Å²) >= 11 is 0. The van der Waals surface area contributed by atoms with Crippen LogP contribution in [0.4, 0.5) is 5.82 Å². The van der Waals surface area contributed by atoms with Crippen molar-refractivity contribution in [1.29, 1.82) is 0 Å². The summed E-state index contributed by atoms with van der Waals surface area (Å²) in [6.07, 6.45) is 6.28. The van der Waals surface area contributed by atoms with E-state index in [0.717, 1.165) is 32.0 Å². The van der Waals surface area contributed by atoms with Crippen molar-refractivity contribution >= 4 is 17.8 Å². The number of nitrogens with zero attached hydrogens (tertiary/aromatic N) is 2. The number of piperazine rings is 1. The normalized spacial score (nSPS) is 22.4. The van der Waals surface area contributed by atoms with Crippen molar-refractivity contribution in [2.24, 2.45) is 5.41 Å². The minimum absolute atomic E-state index is 0.0359. The van der Waals surface area contributed by atoms with Gasteiger partial charge in [-0.05, 0) is 25.5 Å². The number of aromatic nitrogens is 1. The van der Waals surface area contributed by atoms with Crippen molar-refractivity contribution in [1.82, 2.24) is 10.3 Å². The Bertz CT molecular complexity index is 666. The Morgan fingerprint density at radius 2 is 1.96 bits per heavy atom. The number of allylic oxidation sites excluding steroid dienone is 2. The first-order valence-corrected chi connectivity index (χ1v) is 8.14. The average molecular weight is 345 g/mol. The molecular formula is C18H23N3O4. The van der Waals surface area contributed by atoms with Gasteiger partial charge in [0, 0.05) is 37.9 Å². The summed E-state index contributed by atoms with van der Waals surface area (Å²) in [7, 11) is 0. The van der Waals surface area contributed by atoms with E-state index < -0.39 is 17.4 Å². The molecule has 1 aliphatic heterocycles. The zero-order valence-corrected chi connectivity index (χ0v) is 14.2. The Morgan fingerprint density at radius 3 is 2.52 bits per heavy atom. The summed E-state index contributed by atoms with van der Waals surface area (Å²) in [5.41, 5.74) is -0.949. The van der Waals surface area contributed by atoms with E-state index in [9.17, 15) is 9.59 Å². The number of carboxylic acids is 2. The van der Waals surface area contributed by atoms with E-state index >= 15 is 0 Å². The molecule has 3 N–H and O–H groups in total. The van der Waals surface area contributed by atoms with Gasteiger partial charge in [-0.25, -0.2) is 9.78 Å². The van der Waals surface area contributed by atoms with Gasteiger partial charge in [0.25, 0.3) is 0 Å². The van der Waals surface area contributed by atoms with Crippen LogP contribution < -0.4 is 10.2 Å². The van der Waals surface area contributed by atoms with E-state index in [1.807, 2.05) is 18.3 Å². The van der Waals surface area contributed by atoms with Crippen molar-refractivity contribution < 1.29 is 19.8 Å². The van der Waals surface area contributed by atoms with Crippen LogP contribution in [0, 0.1) is 5.41 Å². The lowest BCUT2D eigenvalue weighted by Gasteiger charge is -2.28. The number of carboxylic acid groups (broad SMARTS) is 2. The monoisotopic (exact) mass is 345 g/mol. The highest BCUT2D eigenvalue weighted by Gasteiger charge is 2.34. The third-order valence-corrected chi connectivity index (χ3v) is 4.17. The minimum atomic E-state index is -1.08. The molecule has 0 saturated carbocycles. The maximum atomic E-state index is 10.8. The van der Waals surface area contributed by atoms with Crippen LogP contribution in [-0.4, -0.2) is 53.3 Å². The number of nitrogens with one attached hydrogen (secondary N) is 1. The van der Waals surface area contributed by atoms with Gasteiger partial charge in [-0.2, -0.15) is 0 Å². The Morgan fingerprint density at radius 1 is 1.24 bits per heavy atom. The van der Waals surface area contributed by atoms with E-state index in [1.54, 1.807) is 0 Å². The standard InChI is InChI=1S/C9H13N3.C9H10O4/c1-2-4-11-9(3-1)12-7-5-10-6-8-12;1-9(8(12)13)4-2-3-6(5-9)7(10)11/h1-4,10H,5-8H2;2-4H,5H2,1H3,(H,10,11)(H,12,13)/t;9-/m.1/s1. The Kier molecular flexibility index (Phi) is 6.30. The fourth-order valence-electron chi connectivity index (χ4n) is 2.62. The second-order valence-electron chi connectivity index (χ2n) is 6.18. The lowest BCUT2D eigenvalue weighted by Crippen LogP contribution is -2.43. The molecule has 0 spiro atoms. The molecule has 1 aliphatic carbocycles. The summed E-state index contributed by atoms with van der Waals surface area (Å²) in [5, 5.41) is 20.8. The van der Waals surface area contributed by atoms with Gasteiger partial charge < -0.3 is 20.4 Å². The SMILES string of the molecule is C[C@@]1(C(=O)O)C=CC=C(C(=O)O)C1.c1ccc(N2CCNCC2)nc1. The highest BCUT2D eigenvalue weighted by atomic mass is 16.4. The largest absolute Gasteiger partial charge is 0.481 e. The van der Waals surface area contributed by atoms with Crippen LogP contribution >= 0.6 is 0 Å². The van der Waals surface area contributed by atoms with Crippen LogP contribution in [-0.2, 0) is 9.59 Å². The molecule has 2 aliphatic rings. The van der Waals surface area contributed by atoms with Crippen LogP contribution in [0.5, 0.6) is 0 Å². The zero-order chi connectivity index (χ0) is 18.3. The topological polar surface area (TPSA) is 103 Å². The molecule has 0 bridgehead atoms. The number of hydrogen-bond acceptors (Lipinski definition) is 5. The smallest absolute Gasteiger partial charge is 0.331 e. The molecule has 3 rings (SSSR count). The van der Waals surface area contributed by atoms with Gasteiger partial charge in [-0.15, -0.1) is 0 Å². The molecule has 1 aromatic heterocycles. The number of rotatable bonds is 3. The predicted molar refractivity (Wildman–Crippen MR) is 94.5 cm³/mol. The second kappa shape index (κ2) is 8.43. The molecule has 0 radical (unpaired) electrons. The number of anilines is 1. The van der Waals surface area contributed by atoms with Gasteiger partial charge in [0.15, 0.2) is 0 Å². The molecule has 0 unspecified atom stereocenters. The Labute approximate surface area is 146 Å². The summed E-state index contributed by atoms with van der Waals surface area (Å²) < 4.78 is 0. The van der Waals surface area contributed by atoms with Gasteiger partial charge in [0.1, 0.15) is 5.82 Å². The molecule has 25 heavy (non-hydrogen) atoms. The van der Waals surface area contributed by atoms with Crippen molar-refractivity contribution in [3.8, 4) is 0 Å². The van der Waals surface area contributed by atoms with Gasteiger partial charge in [0.05, 0.1) is 5.41 Å². The van der Waals surface area contributed by atoms with Crippen molar-refractivity contribution in [2.45, 2.75) is 13.3 Å². The molecule has 7 nitrogen and oxygen atoms in total. The van der Waals surface area contributed by atoms with Crippen molar-refractivity contribution in [3.63, 3.8) is 0 Å². The van der Waals surface area contributed by atoms with E-state index in [1.165, 1.54) is 25.2 Å². The average Bonchev–Trinajstić information content (AvgIpc) is 2.64. The molecular weight excluding hydrogens is 322 g/mol. The van der Waals surface area contributed by atoms with Crippen molar-refractivity contribution in [3.05, 3.63) is 48.2 Å². The first kappa shape index (κ1) is 18.7. The van der Waals surface area contributed by atoms with E-state index in [0.29, 0.717) is 0 Å². The van der Waals surface area contributed by atoms with Gasteiger partial charge in [-0.1, -0.05) is 24.3 Å². The van der Waals surface area contributed by atoms with E-state index in [4.69, 9.17) is 10.2 Å². The van der Waals surface area contributed by atoms with Crippen LogP contribution in [0.2, 0.25) is 0 Å². The van der Waals surface area contributed by atoms with Gasteiger partial charge in [0.2, 0.25) is 0 Å². The van der Waals surface area contributed by atoms with Crippen LogP contribution in [0.25, 0.3) is 0 Å². The molecule has 1 aromatic rings. The third-order valence-electron chi connectivity index (χ3n) is 4.17. The predicted octanol–water partition coefficient (Wildman–Crippen LogP) is 1.54. The van der Waals surface area contributed by atoms with E-state index in [-0.39, 0.29) is 12.0 Å². The van der Waals surface area contributed by atoms with Crippen molar-refractivity contribution in [2.75, 3.05) is 31.1 Å². The lowest BCUT2D eigenvalue weighted by atomic mass is 9.80. The number of pyridine rings is 1. The third kappa shape index (κ3) is 5.15. The molecule has 0 aromatic carbocycles. The van der Waals surface area contributed by atoms with E-state index in [2.05, 4.69) is 21.3 Å². The fourth-order valence-corrected chi connectivity index (χ4v) is 2.62. The summed E-state index contributed by atoms with van der Waals surface area (Å²) in [5.74, 6) is -0.966. The highest BCUT2D eigenvalue weighted by molar-refractivity contribution is 5.90. The molecule has 2 heterocycles. The summed E-state index contributed by atoms with van der Waals surface area (Å²) in [4.78, 5) is 27.9. The van der Waals surface area contributed by atoms with Crippen LogP contribution in [0.3, 0.4) is 0 Å². The maximum absolute atomic E-state index is 10.8. The molecule has 1 atom stereocenters. The van der Waals surface area contributed by atoms with Gasteiger partial charge in [-0.3, -0.25) is 4.79 Å². The fraction of sp³-hybridized carbons (Fsp3) is 0.389. The van der Waals surface area contributed by atoms with Crippen LogP contribution in [0.1, 0.15) is 13.3 Å². The van der Waals surface area contributed by atoms with Crippen LogP contribution in [0.15, 0.2) is 48.2 Å². The highest BCUT2D eigenvalue weighted by Crippen LogP contribution is 2.31. The number of aliphatic carboxylic acids is 2. The number of carbonyl (C=O) groups is 2. The lowest BCUT2D eigenvalue weighted by molar-refractivity contribution is -0.145. The molecule has 134 valence electrons. The zero-order valence-electron chi connectivity index (χ0n) is 14.2. The second-order valence-corrected chi connectivity index (χ2v) is 6.18. The minimum Gasteiger partial charge on any atom is -0.481 e. The van der Waals surface area contributed by atoms with Gasteiger partial charge >= 0.3 is 11.9 Å². The molecule has 7 heteroatoms. The first-order chi connectivity index (χ1) is 11.9. The Balaban J connectivity index is 0.000000181. The molecule has 1 fully saturated rings. The quantitative estimate of drug-likeness (QED) is 0.763. The molecule has 1 saturated heterocycles. The number of hydrogen-bond donors (Lipinski definition) is 3. The summed E-state index contributed by atoms with van der Waals surface area (Å²) in [6.45, 7) is 5.77. The first-order valence-electron chi connectivity index (χ1n) is 8.14.